The number of carbonyl (C=O) groups is 1. The fourth-order valence-electron chi connectivity index (χ4n) is 2.97. The summed E-state index contributed by atoms with van der Waals surface area (Å²) in [6.07, 6.45) is -2.64. The molecule has 0 saturated carbocycles. The Morgan fingerprint density at radius 3 is 2.32 bits per heavy atom. The lowest BCUT2D eigenvalue weighted by atomic mass is 9.87. The van der Waals surface area contributed by atoms with Gasteiger partial charge >= 0.3 is 6.18 Å². The Balaban J connectivity index is 1.76. The van der Waals surface area contributed by atoms with E-state index in [2.05, 4.69) is 31.2 Å². The maximum atomic E-state index is 13.6. The summed E-state index contributed by atoms with van der Waals surface area (Å²) in [6.45, 7) is 7.72. The topological polar surface area (TPSA) is 56.1 Å². The molecule has 1 unspecified atom stereocenters. The van der Waals surface area contributed by atoms with Crippen LogP contribution in [0.3, 0.4) is 0 Å². The molecular formula is C23H24F3N3O2. The number of anilines is 1. The number of nitrogens with zero attached hydrogens (tertiary/aromatic N) is 2. The fourth-order valence-corrected chi connectivity index (χ4v) is 2.97. The van der Waals surface area contributed by atoms with E-state index in [1.54, 1.807) is 18.2 Å². The molecule has 2 aromatic carbocycles. The van der Waals surface area contributed by atoms with E-state index in [1.165, 1.54) is 36.1 Å². The van der Waals surface area contributed by atoms with E-state index in [1.807, 2.05) is 12.1 Å². The van der Waals surface area contributed by atoms with Gasteiger partial charge in [-0.1, -0.05) is 32.9 Å². The first-order valence-corrected chi connectivity index (χ1v) is 9.74. The number of aromatic nitrogens is 2. The summed E-state index contributed by atoms with van der Waals surface area (Å²) in [5, 5.41) is 6.27. The lowest BCUT2D eigenvalue weighted by Crippen LogP contribution is -2.31. The van der Waals surface area contributed by atoms with Gasteiger partial charge in [0.1, 0.15) is 5.75 Å². The number of amides is 1. The third-order valence-corrected chi connectivity index (χ3v) is 4.74. The van der Waals surface area contributed by atoms with Crippen LogP contribution in [0, 0.1) is 0 Å². The number of rotatable bonds is 5. The summed E-state index contributed by atoms with van der Waals surface area (Å²) in [5.74, 6) is -0.224. The first-order chi connectivity index (χ1) is 14.4. The van der Waals surface area contributed by atoms with Crippen LogP contribution in [0.4, 0.5) is 18.9 Å². The molecule has 0 bridgehead atoms. The zero-order valence-electron chi connectivity index (χ0n) is 17.7. The maximum Gasteiger partial charge on any atom is 0.418 e. The predicted octanol–water partition coefficient (Wildman–Crippen LogP) is 5.59. The van der Waals surface area contributed by atoms with Gasteiger partial charge in [0.15, 0.2) is 6.10 Å². The predicted molar refractivity (Wildman–Crippen MR) is 112 cm³/mol. The van der Waals surface area contributed by atoms with Gasteiger partial charge in [-0.2, -0.15) is 18.3 Å². The second kappa shape index (κ2) is 8.45. The average Bonchev–Trinajstić information content (AvgIpc) is 3.22. The van der Waals surface area contributed by atoms with Gasteiger partial charge in [-0.25, -0.2) is 4.68 Å². The molecule has 1 atom stereocenters. The summed E-state index contributed by atoms with van der Waals surface area (Å²) >= 11 is 0. The lowest BCUT2D eigenvalue weighted by Gasteiger charge is -2.20. The van der Waals surface area contributed by atoms with Crippen molar-refractivity contribution in [1.82, 2.24) is 9.78 Å². The van der Waals surface area contributed by atoms with E-state index in [0.29, 0.717) is 5.75 Å². The zero-order chi connectivity index (χ0) is 22.8. The van der Waals surface area contributed by atoms with E-state index >= 15 is 0 Å². The summed E-state index contributed by atoms with van der Waals surface area (Å²) in [5.41, 5.74) is 0.00261. The molecule has 3 rings (SSSR count). The second-order valence-corrected chi connectivity index (χ2v) is 8.20. The van der Waals surface area contributed by atoms with E-state index in [4.69, 9.17) is 4.74 Å². The van der Waals surface area contributed by atoms with Crippen LogP contribution in [0.25, 0.3) is 5.69 Å². The summed E-state index contributed by atoms with van der Waals surface area (Å²) in [6, 6.07) is 12.5. The van der Waals surface area contributed by atoms with E-state index in [-0.39, 0.29) is 16.8 Å². The molecule has 164 valence electrons. The van der Waals surface area contributed by atoms with Crippen LogP contribution in [-0.2, 0) is 16.4 Å². The highest BCUT2D eigenvalue weighted by Gasteiger charge is 2.35. The Morgan fingerprint density at radius 2 is 1.77 bits per heavy atom. The fraction of sp³-hybridized carbons (Fsp3) is 0.304. The smallest absolute Gasteiger partial charge is 0.418 e. The molecule has 3 aromatic rings. The minimum absolute atomic E-state index is 0.0299. The van der Waals surface area contributed by atoms with Crippen molar-refractivity contribution >= 4 is 11.6 Å². The molecule has 0 aliphatic heterocycles. The van der Waals surface area contributed by atoms with Crippen molar-refractivity contribution < 1.29 is 22.7 Å². The van der Waals surface area contributed by atoms with Crippen LogP contribution in [0.1, 0.15) is 38.8 Å². The normalized spacial score (nSPS) is 13.0. The van der Waals surface area contributed by atoms with Gasteiger partial charge in [-0.3, -0.25) is 4.79 Å². The zero-order valence-corrected chi connectivity index (χ0v) is 17.7. The van der Waals surface area contributed by atoms with E-state index in [0.717, 1.165) is 11.6 Å². The van der Waals surface area contributed by atoms with E-state index < -0.39 is 23.8 Å². The SMILES string of the molecule is CC(Oc1ccc(C(C)(C)C)cc1)C(=O)Nc1ccc(-n2cccn2)cc1C(F)(F)F. The minimum atomic E-state index is -4.65. The molecule has 0 aliphatic rings. The Labute approximate surface area is 178 Å². The third-order valence-electron chi connectivity index (χ3n) is 4.74. The van der Waals surface area contributed by atoms with E-state index in [9.17, 15) is 18.0 Å². The molecule has 1 aromatic heterocycles. The molecule has 8 heteroatoms. The first-order valence-electron chi connectivity index (χ1n) is 9.74. The van der Waals surface area contributed by atoms with Crippen molar-refractivity contribution in [2.45, 2.75) is 45.4 Å². The van der Waals surface area contributed by atoms with Crippen molar-refractivity contribution in [1.29, 1.82) is 0 Å². The molecule has 0 radical (unpaired) electrons. The number of halogens is 3. The Kier molecular flexibility index (Phi) is 6.10. The molecule has 1 N–H and O–H groups in total. The standard InChI is InChI=1S/C23H24F3N3O2/c1-15(31-18-9-6-16(7-10-18)22(2,3)4)21(30)28-20-11-8-17(29-13-5-12-27-29)14-19(20)23(24,25)26/h5-15H,1-4H3,(H,28,30). The van der Waals surface area contributed by atoms with Gasteiger partial charge in [-0.15, -0.1) is 0 Å². The average molecular weight is 431 g/mol. The van der Waals surface area contributed by atoms with Crippen LogP contribution >= 0.6 is 0 Å². The van der Waals surface area contributed by atoms with Gasteiger partial charge < -0.3 is 10.1 Å². The molecular weight excluding hydrogens is 407 g/mol. The monoisotopic (exact) mass is 431 g/mol. The van der Waals surface area contributed by atoms with Crippen molar-refractivity contribution in [3.63, 3.8) is 0 Å². The molecule has 1 heterocycles. The summed E-state index contributed by atoms with van der Waals surface area (Å²) < 4.78 is 47.7. The van der Waals surface area contributed by atoms with Crippen molar-refractivity contribution in [2.24, 2.45) is 0 Å². The molecule has 0 saturated heterocycles. The van der Waals surface area contributed by atoms with Crippen molar-refractivity contribution in [3.05, 3.63) is 72.1 Å². The minimum Gasteiger partial charge on any atom is -0.481 e. The first kappa shape index (κ1) is 22.4. The molecule has 0 fully saturated rings. The molecule has 1 amide bonds. The van der Waals surface area contributed by atoms with Crippen LogP contribution in [0.15, 0.2) is 60.9 Å². The molecule has 0 spiro atoms. The molecule has 5 nitrogen and oxygen atoms in total. The van der Waals surface area contributed by atoms with Gasteiger partial charge in [0.2, 0.25) is 0 Å². The quantitative estimate of drug-likeness (QED) is 0.573. The number of hydrogen-bond donors (Lipinski definition) is 1. The number of ether oxygens (including phenoxy) is 1. The van der Waals surface area contributed by atoms with Crippen LogP contribution < -0.4 is 10.1 Å². The van der Waals surface area contributed by atoms with Gasteiger partial charge in [0, 0.05) is 12.4 Å². The largest absolute Gasteiger partial charge is 0.481 e. The summed E-state index contributed by atoms with van der Waals surface area (Å²) in [7, 11) is 0. The Bertz CT molecular complexity index is 1040. The van der Waals surface area contributed by atoms with Gasteiger partial charge in [0.25, 0.3) is 5.91 Å². The molecule has 31 heavy (non-hydrogen) atoms. The molecule has 0 aliphatic carbocycles. The van der Waals surface area contributed by atoms with Gasteiger partial charge in [-0.05, 0) is 54.3 Å². The van der Waals surface area contributed by atoms with Crippen LogP contribution in [0.2, 0.25) is 0 Å². The van der Waals surface area contributed by atoms with Crippen LogP contribution in [-0.4, -0.2) is 21.8 Å². The second-order valence-electron chi connectivity index (χ2n) is 8.20. The number of nitrogens with one attached hydrogen (secondary N) is 1. The lowest BCUT2D eigenvalue weighted by molar-refractivity contribution is -0.137. The van der Waals surface area contributed by atoms with Crippen LogP contribution in [0.5, 0.6) is 5.75 Å². The number of alkyl halides is 3. The maximum absolute atomic E-state index is 13.6. The Morgan fingerprint density at radius 1 is 1.10 bits per heavy atom. The number of benzene rings is 2. The highest BCUT2D eigenvalue weighted by Crippen LogP contribution is 2.36. The third kappa shape index (κ3) is 5.45. The Hall–Kier alpha value is -3.29. The highest BCUT2D eigenvalue weighted by atomic mass is 19.4. The highest BCUT2D eigenvalue weighted by molar-refractivity contribution is 5.95. The number of hydrogen-bond acceptors (Lipinski definition) is 3. The summed E-state index contributed by atoms with van der Waals surface area (Å²) in [4.78, 5) is 12.5. The van der Waals surface area contributed by atoms with Gasteiger partial charge in [0.05, 0.1) is 16.9 Å². The van der Waals surface area contributed by atoms with Crippen molar-refractivity contribution in [2.75, 3.05) is 5.32 Å². The van der Waals surface area contributed by atoms with Crippen molar-refractivity contribution in [3.8, 4) is 11.4 Å². The number of carbonyl (C=O) groups excluding carboxylic acids is 1.